The molecular weight excluding hydrogens is 220 g/mol. The minimum absolute atomic E-state index is 0.344. The van der Waals surface area contributed by atoms with Crippen LogP contribution < -0.4 is 11.1 Å². The normalized spacial score (nSPS) is 10.0. The molecule has 0 saturated heterocycles. The molecule has 0 aliphatic heterocycles. The average Bonchev–Trinajstić information content (AvgIpc) is 2.35. The van der Waals surface area contributed by atoms with E-state index in [4.69, 9.17) is 15.2 Å². The number of nitrogens with two attached hydrogens (primary N) is 1. The first-order valence-electron chi connectivity index (χ1n) is 5.48. The molecule has 0 unspecified atom stereocenters. The standard InChI is InChI=1S/C12H18N2O3/c1-16-6-3-7-17-12(15)14-11-5-2-4-10(8-11)9-13/h2,4-5,8H,3,6-7,9,13H2,1H3,(H,14,15). The fraction of sp³-hybridized carbons (Fsp3) is 0.417. The van der Waals surface area contributed by atoms with E-state index in [0.717, 1.165) is 5.56 Å². The molecule has 0 spiro atoms. The lowest BCUT2D eigenvalue weighted by molar-refractivity contribution is 0.134. The second-order valence-corrected chi connectivity index (χ2v) is 3.51. The maximum Gasteiger partial charge on any atom is 0.411 e. The lowest BCUT2D eigenvalue weighted by Gasteiger charge is -2.07. The van der Waals surface area contributed by atoms with Gasteiger partial charge in [0.15, 0.2) is 0 Å². The minimum Gasteiger partial charge on any atom is -0.449 e. The molecule has 5 heteroatoms. The van der Waals surface area contributed by atoms with Crippen LogP contribution in [0, 0.1) is 0 Å². The lowest BCUT2D eigenvalue weighted by atomic mass is 10.2. The number of ether oxygens (including phenoxy) is 2. The van der Waals surface area contributed by atoms with E-state index < -0.39 is 6.09 Å². The van der Waals surface area contributed by atoms with E-state index >= 15 is 0 Å². The van der Waals surface area contributed by atoms with Crippen molar-refractivity contribution in [1.82, 2.24) is 0 Å². The molecule has 0 aliphatic rings. The number of carbonyl (C=O) groups excluding carboxylic acids is 1. The smallest absolute Gasteiger partial charge is 0.411 e. The van der Waals surface area contributed by atoms with Gasteiger partial charge in [0.05, 0.1) is 6.61 Å². The molecule has 94 valence electrons. The van der Waals surface area contributed by atoms with Crippen LogP contribution in [0.2, 0.25) is 0 Å². The Balaban J connectivity index is 2.34. The molecule has 0 aromatic heterocycles. The lowest BCUT2D eigenvalue weighted by Crippen LogP contribution is -2.15. The third-order valence-electron chi connectivity index (χ3n) is 2.14. The first-order chi connectivity index (χ1) is 8.26. The summed E-state index contributed by atoms with van der Waals surface area (Å²) in [6, 6.07) is 7.34. The Bertz CT molecular complexity index is 355. The second kappa shape index (κ2) is 7.65. The fourth-order valence-corrected chi connectivity index (χ4v) is 1.30. The van der Waals surface area contributed by atoms with Gasteiger partial charge in [-0.1, -0.05) is 12.1 Å². The molecule has 1 aromatic rings. The first-order valence-corrected chi connectivity index (χ1v) is 5.48. The molecule has 1 aromatic carbocycles. The third-order valence-corrected chi connectivity index (χ3v) is 2.14. The van der Waals surface area contributed by atoms with Gasteiger partial charge in [-0.05, 0) is 17.7 Å². The highest BCUT2D eigenvalue weighted by Crippen LogP contribution is 2.10. The Morgan fingerprint density at radius 1 is 1.41 bits per heavy atom. The largest absolute Gasteiger partial charge is 0.449 e. The van der Waals surface area contributed by atoms with Gasteiger partial charge in [-0.15, -0.1) is 0 Å². The van der Waals surface area contributed by atoms with E-state index in [1.807, 2.05) is 18.2 Å². The Hall–Kier alpha value is -1.59. The van der Waals surface area contributed by atoms with Crippen molar-refractivity contribution in [3.63, 3.8) is 0 Å². The summed E-state index contributed by atoms with van der Waals surface area (Å²) in [5.74, 6) is 0. The Morgan fingerprint density at radius 3 is 2.94 bits per heavy atom. The van der Waals surface area contributed by atoms with E-state index in [1.165, 1.54) is 0 Å². The number of nitrogens with one attached hydrogen (secondary N) is 1. The predicted molar refractivity (Wildman–Crippen MR) is 65.8 cm³/mol. The van der Waals surface area contributed by atoms with E-state index in [1.54, 1.807) is 13.2 Å². The summed E-state index contributed by atoms with van der Waals surface area (Å²) in [5, 5.41) is 2.64. The summed E-state index contributed by atoms with van der Waals surface area (Å²) in [7, 11) is 1.61. The number of rotatable bonds is 6. The minimum atomic E-state index is -0.463. The number of hydrogen-bond donors (Lipinski definition) is 2. The molecule has 0 atom stereocenters. The van der Waals surface area contributed by atoms with Crippen LogP contribution in [0.5, 0.6) is 0 Å². The van der Waals surface area contributed by atoms with Crippen molar-refractivity contribution in [2.75, 3.05) is 25.6 Å². The van der Waals surface area contributed by atoms with Crippen molar-refractivity contribution in [1.29, 1.82) is 0 Å². The second-order valence-electron chi connectivity index (χ2n) is 3.51. The van der Waals surface area contributed by atoms with Gasteiger partial charge < -0.3 is 15.2 Å². The molecule has 5 nitrogen and oxygen atoms in total. The van der Waals surface area contributed by atoms with Crippen LogP contribution in [0.15, 0.2) is 24.3 Å². The van der Waals surface area contributed by atoms with Gasteiger partial charge in [0, 0.05) is 32.4 Å². The summed E-state index contributed by atoms with van der Waals surface area (Å²) in [4.78, 5) is 11.4. The molecule has 17 heavy (non-hydrogen) atoms. The van der Waals surface area contributed by atoms with E-state index in [9.17, 15) is 4.79 Å². The van der Waals surface area contributed by atoms with Gasteiger partial charge in [0.25, 0.3) is 0 Å². The van der Waals surface area contributed by atoms with E-state index in [2.05, 4.69) is 5.32 Å². The zero-order valence-corrected chi connectivity index (χ0v) is 9.94. The molecule has 3 N–H and O–H groups in total. The zero-order valence-electron chi connectivity index (χ0n) is 9.94. The molecule has 1 rings (SSSR count). The Kier molecular flexibility index (Phi) is 6.06. The topological polar surface area (TPSA) is 73.6 Å². The Morgan fingerprint density at radius 2 is 2.24 bits per heavy atom. The van der Waals surface area contributed by atoms with Gasteiger partial charge in [-0.2, -0.15) is 0 Å². The van der Waals surface area contributed by atoms with Crippen molar-refractivity contribution in [3.05, 3.63) is 29.8 Å². The van der Waals surface area contributed by atoms with Crippen molar-refractivity contribution in [2.24, 2.45) is 5.73 Å². The van der Waals surface area contributed by atoms with Crippen LogP contribution in [0.25, 0.3) is 0 Å². The highest BCUT2D eigenvalue weighted by Gasteiger charge is 2.02. The van der Waals surface area contributed by atoms with Crippen molar-refractivity contribution in [2.45, 2.75) is 13.0 Å². The summed E-state index contributed by atoms with van der Waals surface area (Å²) in [5.41, 5.74) is 7.15. The van der Waals surface area contributed by atoms with Crippen LogP contribution in [0.1, 0.15) is 12.0 Å². The van der Waals surface area contributed by atoms with Crippen molar-refractivity contribution >= 4 is 11.8 Å². The molecule has 0 saturated carbocycles. The van der Waals surface area contributed by atoms with Gasteiger partial charge in [-0.25, -0.2) is 4.79 Å². The number of anilines is 1. The van der Waals surface area contributed by atoms with Gasteiger partial charge in [0.1, 0.15) is 0 Å². The summed E-state index contributed by atoms with van der Waals surface area (Å²) in [6.45, 7) is 1.37. The molecule has 0 heterocycles. The Labute approximate surface area is 101 Å². The first kappa shape index (κ1) is 13.5. The summed E-state index contributed by atoms with van der Waals surface area (Å²) in [6.07, 6.45) is 0.225. The van der Waals surface area contributed by atoms with E-state index in [-0.39, 0.29) is 0 Å². The van der Waals surface area contributed by atoms with Crippen LogP contribution >= 0.6 is 0 Å². The van der Waals surface area contributed by atoms with Gasteiger partial charge in [-0.3, -0.25) is 5.32 Å². The fourth-order valence-electron chi connectivity index (χ4n) is 1.30. The van der Waals surface area contributed by atoms with Crippen LogP contribution in [-0.4, -0.2) is 26.4 Å². The molecular formula is C12H18N2O3. The third kappa shape index (κ3) is 5.33. The molecule has 1 amide bonds. The summed E-state index contributed by atoms with van der Waals surface area (Å²) >= 11 is 0. The van der Waals surface area contributed by atoms with Crippen molar-refractivity contribution < 1.29 is 14.3 Å². The monoisotopic (exact) mass is 238 g/mol. The van der Waals surface area contributed by atoms with Crippen LogP contribution in [0.3, 0.4) is 0 Å². The number of benzene rings is 1. The predicted octanol–water partition coefficient (Wildman–Crippen LogP) is 1.73. The average molecular weight is 238 g/mol. The highest BCUT2D eigenvalue weighted by atomic mass is 16.5. The molecule has 0 radical (unpaired) electrons. The molecule has 0 fully saturated rings. The molecule has 0 bridgehead atoms. The maximum absolute atomic E-state index is 11.4. The van der Waals surface area contributed by atoms with Gasteiger partial charge in [0.2, 0.25) is 0 Å². The molecule has 0 aliphatic carbocycles. The number of methoxy groups -OCH3 is 1. The quantitative estimate of drug-likeness (QED) is 0.740. The van der Waals surface area contributed by atoms with Crippen LogP contribution in [-0.2, 0) is 16.0 Å². The summed E-state index contributed by atoms with van der Waals surface area (Å²) < 4.78 is 9.81. The highest BCUT2D eigenvalue weighted by molar-refractivity contribution is 5.84. The van der Waals surface area contributed by atoms with E-state index in [0.29, 0.717) is 31.9 Å². The SMILES string of the molecule is COCCCOC(=O)Nc1cccc(CN)c1. The van der Waals surface area contributed by atoms with Crippen molar-refractivity contribution in [3.8, 4) is 0 Å². The van der Waals surface area contributed by atoms with Crippen LogP contribution in [0.4, 0.5) is 10.5 Å². The van der Waals surface area contributed by atoms with Gasteiger partial charge >= 0.3 is 6.09 Å². The number of carbonyl (C=O) groups is 1. The zero-order chi connectivity index (χ0) is 12.5. The number of amides is 1. The maximum atomic E-state index is 11.4. The number of hydrogen-bond acceptors (Lipinski definition) is 4.